The SMILES string of the molecule is Cc1nccn1-c1ccc(Cl)cc1C(=O)O.Cl. The van der Waals surface area contributed by atoms with E-state index < -0.39 is 5.97 Å². The van der Waals surface area contributed by atoms with Crippen LogP contribution in [0.2, 0.25) is 5.02 Å². The molecule has 0 saturated carbocycles. The molecule has 1 N–H and O–H groups in total. The molecular formula is C11H10Cl2N2O2. The summed E-state index contributed by atoms with van der Waals surface area (Å²) in [7, 11) is 0. The van der Waals surface area contributed by atoms with E-state index >= 15 is 0 Å². The van der Waals surface area contributed by atoms with Gasteiger partial charge in [-0.25, -0.2) is 9.78 Å². The van der Waals surface area contributed by atoms with Crippen LogP contribution in [-0.4, -0.2) is 20.6 Å². The molecule has 0 aliphatic rings. The Morgan fingerprint density at radius 1 is 1.47 bits per heavy atom. The van der Waals surface area contributed by atoms with Gasteiger partial charge in [-0.2, -0.15) is 0 Å². The predicted octanol–water partition coefficient (Wildman–Crippen LogP) is 2.95. The molecule has 0 aliphatic carbocycles. The van der Waals surface area contributed by atoms with Crippen molar-refractivity contribution < 1.29 is 9.90 Å². The van der Waals surface area contributed by atoms with Gasteiger partial charge in [0.2, 0.25) is 0 Å². The molecular weight excluding hydrogens is 263 g/mol. The number of hydrogen-bond donors (Lipinski definition) is 1. The van der Waals surface area contributed by atoms with Gasteiger partial charge in [-0.1, -0.05) is 11.6 Å². The monoisotopic (exact) mass is 272 g/mol. The van der Waals surface area contributed by atoms with Crippen LogP contribution in [0, 0.1) is 6.92 Å². The summed E-state index contributed by atoms with van der Waals surface area (Å²) in [6, 6.07) is 4.75. The van der Waals surface area contributed by atoms with Gasteiger partial charge in [0.05, 0.1) is 11.3 Å². The number of imidazole rings is 1. The number of aromatic carboxylic acids is 1. The Bertz CT molecular complexity index is 552. The average Bonchev–Trinajstić information content (AvgIpc) is 2.64. The largest absolute Gasteiger partial charge is 0.478 e. The Morgan fingerprint density at radius 2 is 2.18 bits per heavy atom. The van der Waals surface area contributed by atoms with Crippen molar-refractivity contribution in [3.63, 3.8) is 0 Å². The highest BCUT2D eigenvalue weighted by Gasteiger charge is 2.13. The third-order valence-electron chi connectivity index (χ3n) is 2.27. The highest BCUT2D eigenvalue weighted by Crippen LogP contribution is 2.20. The van der Waals surface area contributed by atoms with E-state index in [0.717, 1.165) is 5.82 Å². The van der Waals surface area contributed by atoms with E-state index in [1.807, 2.05) is 0 Å². The first-order valence-electron chi connectivity index (χ1n) is 4.63. The minimum Gasteiger partial charge on any atom is -0.478 e. The molecule has 6 heteroatoms. The first-order valence-corrected chi connectivity index (χ1v) is 5.00. The van der Waals surface area contributed by atoms with Gasteiger partial charge in [0.25, 0.3) is 0 Å². The number of carboxylic acids is 1. The number of carboxylic acid groups (broad SMARTS) is 1. The number of aromatic nitrogens is 2. The summed E-state index contributed by atoms with van der Waals surface area (Å²) in [4.78, 5) is 15.1. The van der Waals surface area contributed by atoms with E-state index in [9.17, 15) is 4.79 Å². The van der Waals surface area contributed by atoms with Crippen LogP contribution in [0.3, 0.4) is 0 Å². The number of halogens is 2. The van der Waals surface area contributed by atoms with Crippen LogP contribution in [-0.2, 0) is 0 Å². The Hall–Kier alpha value is -1.52. The molecule has 1 heterocycles. The van der Waals surface area contributed by atoms with Crippen molar-refractivity contribution in [3.05, 3.63) is 47.0 Å². The van der Waals surface area contributed by atoms with Gasteiger partial charge < -0.3 is 9.67 Å². The molecule has 0 radical (unpaired) electrons. The van der Waals surface area contributed by atoms with Gasteiger partial charge in [-0.15, -0.1) is 12.4 Å². The maximum Gasteiger partial charge on any atom is 0.337 e. The molecule has 0 amide bonds. The molecule has 0 atom stereocenters. The van der Waals surface area contributed by atoms with E-state index in [-0.39, 0.29) is 18.0 Å². The van der Waals surface area contributed by atoms with Crippen molar-refractivity contribution in [1.82, 2.24) is 9.55 Å². The summed E-state index contributed by atoms with van der Waals surface area (Å²) >= 11 is 5.77. The predicted molar refractivity (Wildman–Crippen MR) is 67.5 cm³/mol. The number of aryl methyl sites for hydroxylation is 1. The first-order chi connectivity index (χ1) is 7.59. The van der Waals surface area contributed by atoms with Gasteiger partial charge in [0, 0.05) is 17.4 Å². The zero-order valence-electron chi connectivity index (χ0n) is 8.92. The highest BCUT2D eigenvalue weighted by molar-refractivity contribution is 6.31. The summed E-state index contributed by atoms with van der Waals surface area (Å²) in [5.41, 5.74) is 0.723. The molecule has 90 valence electrons. The lowest BCUT2D eigenvalue weighted by atomic mass is 10.1. The van der Waals surface area contributed by atoms with Crippen LogP contribution in [0.5, 0.6) is 0 Å². The lowest BCUT2D eigenvalue weighted by Gasteiger charge is -2.08. The Kier molecular flexibility index (Phi) is 4.15. The normalized spacial score (nSPS) is 9.76. The van der Waals surface area contributed by atoms with Crippen molar-refractivity contribution in [2.45, 2.75) is 6.92 Å². The fourth-order valence-electron chi connectivity index (χ4n) is 1.52. The minimum atomic E-state index is -1.01. The topological polar surface area (TPSA) is 55.1 Å². The van der Waals surface area contributed by atoms with Gasteiger partial charge >= 0.3 is 5.97 Å². The van der Waals surface area contributed by atoms with E-state index in [1.54, 1.807) is 36.0 Å². The standard InChI is InChI=1S/C11H9ClN2O2.ClH/c1-7-13-4-5-14(7)10-3-2-8(12)6-9(10)11(15)16;/h2-6H,1H3,(H,15,16);1H. The Labute approximate surface area is 109 Å². The molecule has 0 fully saturated rings. The van der Waals surface area contributed by atoms with Gasteiger partial charge in [-0.3, -0.25) is 0 Å². The number of nitrogens with zero attached hydrogens (tertiary/aromatic N) is 2. The zero-order valence-corrected chi connectivity index (χ0v) is 10.5. The Morgan fingerprint density at radius 3 is 2.71 bits per heavy atom. The molecule has 0 spiro atoms. The molecule has 2 aromatic rings. The molecule has 0 unspecified atom stereocenters. The molecule has 17 heavy (non-hydrogen) atoms. The van der Waals surface area contributed by atoms with E-state index in [1.165, 1.54) is 6.07 Å². The average molecular weight is 273 g/mol. The van der Waals surface area contributed by atoms with Crippen molar-refractivity contribution in [1.29, 1.82) is 0 Å². The number of hydrogen-bond acceptors (Lipinski definition) is 2. The van der Waals surface area contributed by atoms with Crippen LogP contribution in [0.1, 0.15) is 16.2 Å². The second-order valence-corrected chi connectivity index (χ2v) is 3.75. The first kappa shape index (κ1) is 13.5. The van der Waals surface area contributed by atoms with Gasteiger partial charge in [0.15, 0.2) is 0 Å². The van der Waals surface area contributed by atoms with Gasteiger partial charge in [-0.05, 0) is 25.1 Å². The molecule has 0 saturated heterocycles. The van der Waals surface area contributed by atoms with Crippen LogP contribution < -0.4 is 0 Å². The van der Waals surface area contributed by atoms with Crippen LogP contribution >= 0.6 is 24.0 Å². The fraction of sp³-hybridized carbons (Fsp3) is 0.0909. The highest BCUT2D eigenvalue weighted by atomic mass is 35.5. The summed E-state index contributed by atoms with van der Waals surface area (Å²) < 4.78 is 1.71. The van der Waals surface area contributed by atoms with E-state index in [0.29, 0.717) is 10.7 Å². The maximum absolute atomic E-state index is 11.1. The van der Waals surface area contributed by atoms with Crippen LogP contribution in [0.15, 0.2) is 30.6 Å². The molecule has 1 aromatic carbocycles. The van der Waals surface area contributed by atoms with Crippen LogP contribution in [0.25, 0.3) is 5.69 Å². The van der Waals surface area contributed by atoms with Crippen molar-refractivity contribution >= 4 is 30.0 Å². The summed E-state index contributed by atoms with van der Waals surface area (Å²) in [5, 5.41) is 9.49. The Balaban J connectivity index is 0.00000144. The van der Waals surface area contributed by atoms with Crippen molar-refractivity contribution in [2.24, 2.45) is 0 Å². The van der Waals surface area contributed by atoms with Crippen molar-refractivity contribution in [3.8, 4) is 5.69 Å². The molecule has 2 rings (SSSR count). The second kappa shape index (κ2) is 5.21. The fourth-order valence-corrected chi connectivity index (χ4v) is 1.69. The van der Waals surface area contributed by atoms with Crippen LogP contribution in [0.4, 0.5) is 0 Å². The zero-order chi connectivity index (χ0) is 11.7. The summed E-state index contributed by atoms with van der Waals surface area (Å²) in [5.74, 6) is -0.282. The molecule has 1 aromatic heterocycles. The summed E-state index contributed by atoms with van der Waals surface area (Å²) in [6.07, 6.45) is 3.33. The smallest absolute Gasteiger partial charge is 0.337 e. The third kappa shape index (κ3) is 2.60. The molecule has 0 bridgehead atoms. The minimum absolute atomic E-state index is 0. The molecule has 0 aliphatic heterocycles. The second-order valence-electron chi connectivity index (χ2n) is 3.31. The lowest BCUT2D eigenvalue weighted by molar-refractivity contribution is 0.0697. The number of rotatable bonds is 2. The molecule has 4 nitrogen and oxygen atoms in total. The number of benzene rings is 1. The maximum atomic E-state index is 11.1. The quantitative estimate of drug-likeness (QED) is 0.915. The van der Waals surface area contributed by atoms with E-state index in [2.05, 4.69) is 4.98 Å². The van der Waals surface area contributed by atoms with E-state index in [4.69, 9.17) is 16.7 Å². The number of carbonyl (C=O) groups is 1. The van der Waals surface area contributed by atoms with Gasteiger partial charge in [0.1, 0.15) is 5.82 Å². The third-order valence-corrected chi connectivity index (χ3v) is 2.51. The summed E-state index contributed by atoms with van der Waals surface area (Å²) in [6.45, 7) is 1.81. The van der Waals surface area contributed by atoms with Crippen molar-refractivity contribution in [2.75, 3.05) is 0 Å². The lowest BCUT2D eigenvalue weighted by Crippen LogP contribution is -2.06.